The summed E-state index contributed by atoms with van der Waals surface area (Å²) in [6.45, 7) is 0. The molecule has 0 radical (unpaired) electrons. The highest BCUT2D eigenvalue weighted by Gasteiger charge is 2.18. The fourth-order valence-corrected chi connectivity index (χ4v) is 3.69. The van der Waals surface area contributed by atoms with Gasteiger partial charge in [-0.3, -0.25) is 4.57 Å². The molecule has 0 saturated heterocycles. The van der Waals surface area contributed by atoms with Crippen LogP contribution in [0.3, 0.4) is 0 Å². The van der Waals surface area contributed by atoms with Crippen molar-refractivity contribution in [2.45, 2.75) is 10.9 Å². The van der Waals surface area contributed by atoms with Crippen LogP contribution >= 0.6 is 11.8 Å². The topological polar surface area (TPSA) is 90.4 Å². The van der Waals surface area contributed by atoms with Gasteiger partial charge >= 0.3 is 5.97 Å². The Morgan fingerprint density at radius 1 is 1.10 bits per heavy atom. The Hall–Kier alpha value is -3.52. The van der Waals surface area contributed by atoms with Gasteiger partial charge in [0, 0.05) is 5.75 Å². The summed E-state index contributed by atoms with van der Waals surface area (Å²) >= 11 is 1.51. The van der Waals surface area contributed by atoms with E-state index < -0.39 is 5.97 Å². The first-order valence-electron chi connectivity index (χ1n) is 8.74. The van der Waals surface area contributed by atoms with Crippen LogP contribution in [0.5, 0.6) is 5.75 Å². The number of carboxylic acid groups (broad SMARTS) is 1. The largest absolute Gasteiger partial charge is 0.497 e. The zero-order valence-corrected chi connectivity index (χ0v) is 16.3. The molecule has 8 heteroatoms. The number of carboxylic acids is 1. The summed E-state index contributed by atoms with van der Waals surface area (Å²) < 4.78 is 12.7. The molecule has 7 nitrogen and oxygen atoms in total. The SMILES string of the molecule is COc1ccc(-n2c(SCc3ccc(C(=O)O)cc3)nnc2-c2ccco2)cc1. The van der Waals surface area contributed by atoms with Gasteiger partial charge in [-0.15, -0.1) is 10.2 Å². The number of furan rings is 1. The van der Waals surface area contributed by atoms with E-state index in [-0.39, 0.29) is 5.56 Å². The molecule has 0 bridgehead atoms. The molecule has 0 aliphatic carbocycles. The van der Waals surface area contributed by atoms with Gasteiger partial charge in [0.05, 0.1) is 24.6 Å². The zero-order chi connectivity index (χ0) is 20.2. The number of nitrogens with zero attached hydrogens (tertiary/aromatic N) is 3. The summed E-state index contributed by atoms with van der Waals surface area (Å²) in [5.41, 5.74) is 2.13. The third-order valence-electron chi connectivity index (χ3n) is 4.27. The van der Waals surface area contributed by atoms with Crippen LogP contribution in [0.4, 0.5) is 0 Å². The summed E-state index contributed by atoms with van der Waals surface area (Å²) in [4.78, 5) is 11.0. The van der Waals surface area contributed by atoms with Crippen molar-refractivity contribution < 1.29 is 19.1 Å². The smallest absolute Gasteiger partial charge is 0.335 e. The van der Waals surface area contributed by atoms with E-state index in [1.54, 1.807) is 43.7 Å². The number of aromatic nitrogens is 3. The molecule has 0 aliphatic rings. The molecular weight excluding hydrogens is 390 g/mol. The lowest BCUT2D eigenvalue weighted by Crippen LogP contribution is -2.00. The fraction of sp³-hybridized carbons (Fsp3) is 0.0952. The van der Waals surface area contributed by atoms with E-state index in [9.17, 15) is 4.79 Å². The van der Waals surface area contributed by atoms with Gasteiger partial charge < -0.3 is 14.3 Å². The first-order chi connectivity index (χ1) is 14.2. The van der Waals surface area contributed by atoms with Gasteiger partial charge in [0.15, 0.2) is 10.9 Å². The molecule has 2 aromatic carbocycles. The average molecular weight is 407 g/mol. The lowest BCUT2D eigenvalue weighted by Gasteiger charge is -2.10. The molecule has 0 amide bonds. The molecule has 0 atom stereocenters. The van der Waals surface area contributed by atoms with Crippen molar-refractivity contribution in [3.63, 3.8) is 0 Å². The molecule has 2 heterocycles. The Labute approximate surface area is 171 Å². The van der Waals surface area contributed by atoms with E-state index in [4.69, 9.17) is 14.3 Å². The summed E-state index contributed by atoms with van der Waals surface area (Å²) in [6, 6.07) is 18.1. The van der Waals surface area contributed by atoms with Gasteiger partial charge in [0.25, 0.3) is 0 Å². The van der Waals surface area contributed by atoms with E-state index in [1.807, 2.05) is 34.9 Å². The maximum absolute atomic E-state index is 11.0. The summed E-state index contributed by atoms with van der Waals surface area (Å²) in [5, 5.41) is 18.4. The van der Waals surface area contributed by atoms with Gasteiger partial charge in [-0.25, -0.2) is 4.79 Å². The molecule has 29 heavy (non-hydrogen) atoms. The number of hydrogen-bond acceptors (Lipinski definition) is 6. The minimum absolute atomic E-state index is 0.264. The van der Waals surface area contributed by atoms with Crippen LogP contribution in [-0.4, -0.2) is 33.0 Å². The molecule has 1 N–H and O–H groups in total. The Balaban J connectivity index is 1.64. The third-order valence-corrected chi connectivity index (χ3v) is 5.27. The van der Waals surface area contributed by atoms with Crippen molar-refractivity contribution >= 4 is 17.7 Å². The van der Waals surface area contributed by atoms with E-state index >= 15 is 0 Å². The van der Waals surface area contributed by atoms with E-state index in [0.717, 1.165) is 17.0 Å². The number of ether oxygens (including phenoxy) is 1. The van der Waals surface area contributed by atoms with Crippen molar-refractivity contribution in [2.75, 3.05) is 7.11 Å². The molecule has 146 valence electrons. The van der Waals surface area contributed by atoms with E-state index in [1.165, 1.54) is 11.8 Å². The maximum atomic E-state index is 11.0. The van der Waals surface area contributed by atoms with E-state index in [2.05, 4.69) is 10.2 Å². The Morgan fingerprint density at radius 3 is 2.48 bits per heavy atom. The minimum atomic E-state index is -0.938. The number of methoxy groups -OCH3 is 1. The standard InChI is InChI=1S/C21H17N3O4S/c1-27-17-10-8-16(9-11-17)24-19(18-3-2-12-28-18)22-23-21(24)29-13-14-4-6-15(7-5-14)20(25)26/h2-12H,13H2,1H3,(H,25,26). The summed E-state index contributed by atoms with van der Waals surface area (Å²) in [6.07, 6.45) is 1.60. The van der Waals surface area contributed by atoms with Gasteiger partial charge in [0.1, 0.15) is 5.75 Å². The highest BCUT2D eigenvalue weighted by Crippen LogP contribution is 2.30. The van der Waals surface area contributed by atoms with Gasteiger partial charge in [0.2, 0.25) is 5.82 Å². The number of benzene rings is 2. The molecule has 0 aliphatic heterocycles. The summed E-state index contributed by atoms with van der Waals surface area (Å²) in [7, 11) is 1.62. The van der Waals surface area contributed by atoms with Crippen LogP contribution in [0.25, 0.3) is 17.3 Å². The first kappa shape index (κ1) is 18.8. The van der Waals surface area contributed by atoms with Crippen molar-refractivity contribution in [3.8, 4) is 23.0 Å². The molecule has 0 saturated carbocycles. The zero-order valence-electron chi connectivity index (χ0n) is 15.5. The lowest BCUT2D eigenvalue weighted by molar-refractivity contribution is 0.0697. The predicted octanol–water partition coefficient (Wildman–Crippen LogP) is 4.53. The molecule has 0 fully saturated rings. The fourth-order valence-electron chi connectivity index (χ4n) is 2.78. The minimum Gasteiger partial charge on any atom is -0.497 e. The molecule has 4 aromatic rings. The number of aromatic carboxylic acids is 1. The van der Waals surface area contributed by atoms with Crippen LogP contribution in [-0.2, 0) is 5.75 Å². The number of thioether (sulfide) groups is 1. The Morgan fingerprint density at radius 2 is 1.86 bits per heavy atom. The Bertz CT molecular complexity index is 1100. The number of carbonyl (C=O) groups is 1. The van der Waals surface area contributed by atoms with Gasteiger partial charge in [-0.2, -0.15) is 0 Å². The van der Waals surface area contributed by atoms with Gasteiger partial charge in [-0.05, 0) is 54.1 Å². The second kappa shape index (κ2) is 8.24. The van der Waals surface area contributed by atoms with Crippen LogP contribution in [0, 0.1) is 0 Å². The lowest BCUT2D eigenvalue weighted by atomic mass is 10.1. The maximum Gasteiger partial charge on any atom is 0.335 e. The highest BCUT2D eigenvalue weighted by molar-refractivity contribution is 7.98. The van der Waals surface area contributed by atoms with E-state index in [0.29, 0.717) is 22.5 Å². The normalized spacial score (nSPS) is 10.8. The number of rotatable bonds is 7. The van der Waals surface area contributed by atoms with Crippen molar-refractivity contribution in [3.05, 3.63) is 78.1 Å². The molecular formula is C21H17N3O4S. The van der Waals surface area contributed by atoms with Crippen LogP contribution < -0.4 is 4.74 Å². The second-order valence-corrected chi connectivity index (χ2v) is 7.05. The second-order valence-electron chi connectivity index (χ2n) is 6.11. The average Bonchev–Trinajstić information content (AvgIpc) is 3.42. The molecule has 0 spiro atoms. The third kappa shape index (κ3) is 4.02. The van der Waals surface area contributed by atoms with Crippen LogP contribution in [0.15, 0.2) is 76.5 Å². The summed E-state index contributed by atoms with van der Waals surface area (Å²) in [5.74, 6) is 1.65. The quantitative estimate of drug-likeness (QED) is 0.450. The van der Waals surface area contributed by atoms with Crippen LogP contribution in [0.2, 0.25) is 0 Å². The Kier molecular flexibility index (Phi) is 5.35. The van der Waals surface area contributed by atoms with Crippen molar-refractivity contribution in [1.82, 2.24) is 14.8 Å². The van der Waals surface area contributed by atoms with Crippen molar-refractivity contribution in [2.24, 2.45) is 0 Å². The van der Waals surface area contributed by atoms with Crippen LogP contribution in [0.1, 0.15) is 15.9 Å². The molecule has 2 aromatic heterocycles. The van der Waals surface area contributed by atoms with Crippen molar-refractivity contribution in [1.29, 1.82) is 0 Å². The number of hydrogen-bond donors (Lipinski definition) is 1. The first-order valence-corrected chi connectivity index (χ1v) is 9.73. The highest BCUT2D eigenvalue weighted by atomic mass is 32.2. The molecule has 0 unspecified atom stereocenters. The predicted molar refractivity (Wildman–Crippen MR) is 109 cm³/mol. The molecule has 4 rings (SSSR count). The monoisotopic (exact) mass is 407 g/mol. The van der Waals surface area contributed by atoms with Gasteiger partial charge in [-0.1, -0.05) is 23.9 Å².